The third-order valence-corrected chi connectivity index (χ3v) is 2.21. The third-order valence-electron chi connectivity index (χ3n) is 2.21. The van der Waals surface area contributed by atoms with E-state index in [0.29, 0.717) is 0 Å². The van der Waals surface area contributed by atoms with E-state index in [-0.39, 0.29) is 11.8 Å². The highest BCUT2D eigenvalue weighted by atomic mass is 19.4. The molecule has 0 saturated heterocycles. The zero-order valence-corrected chi connectivity index (χ0v) is 9.06. The van der Waals surface area contributed by atoms with Crippen LogP contribution in [0.25, 0.3) is 0 Å². The van der Waals surface area contributed by atoms with Crippen molar-refractivity contribution in [1.82, 2.24) is 0 Å². The van der Waals surface area contributed by atoms with Crippen molar-refractivity contribution in [2.45, 2.75) is 39.7 Å². The molecule has 1 aliphatic rings. The highest BCUT2D eigenvalue weighted by molar-refractivity contribution is 5.29. The molecule has 0 aromatic heterocycles. The van der Waals surface area contributed by atoms with Crippen molar-refractivity contribution < 1.29 is 17.9 Å². The van der Waals surface area contributed by atoms with Crippen LogP contribution in [0, 0.1) is 5.41 Å². The largest absolute Gasteiger partial charge is 0.523 e. The molecule has 4 heteroatoms. The molecule has 0 N–H and O–H groups in total. The van der Waals surface area contributed by atoms with Gasteiger partial charge in [0, 0.05) is 0 Å². The van der Waals surface area contributed by atoms with Gasteiger partial charge in [-0.05, 0) is 17.4 Å². The van der Waals surface area contributed by atoms with Crippen LogP contribution in [0.1, 0.15) is 27.2 Å². The van der Waals surface area contributed by atoms with Crippen LogP contribution in [0.4, 0.5) is 13.2 Å². The summed E-state index contributed by atoms with van der Waals surface area (Å²) in [6.07, 6.45) is -0.175. The summed E-state index contributed by atoms with van der Waals surface area (Å²) >= 11 is 0. The van der Waals surface area contributed by atoms with Crippen molar-refractivity contribution in [1.29, 1.82) is 0 Å². The molecule has 0 heterocycles. The maximum Gasteiger partial charge on any atom is 0.523 e. The van der Waals surface area contributed by atoms with Crippen LogP contribution >= 0.6 is 0 Å². The van der Waals surface area contributed by atoms with Gasteiger partial charge < -0.3 is 0 Å². The van der Waals surface area contributed by atoms with E-state index in [2.05, 4.69) is 4.74 Å². The molecular formula is C11H15F3O. The van der Waals surface area contributed by atoms with E-state index in [0.717, 1.165) is 5.57 Å². The second-order valence-corrected chi connectivity index (χ2v) is 4.61. The van der Waals surface area contributed by atoms with E-state index in [4.69, 9.17) is 0 Å². The van der Waals surface area contributed by atoms with E-state index in [1.807, 2.05) is 20.8 Å². The Kier molecular flexibility index (Phi) is 3.28. The van der Waals surface area contributed by atoms with Gasteiger partial charge in [0.2, 0.25) is 0 Å². The number of hydrogen-bond donors (Lipinski definition) is 0. The minimum atomic E-state index is -4.55. The summed E-state index contributed by atoms with van der Waals surface area (Å²) in [5.41, 5.74) is 1.02. The molecule has 0 aromatic rings. The number of allylic oxidation sites excluding steroid dienone is 2. The minimum Gasteiger partial charge on any atom is -0.284 e. The Bertz CT molecular complexity index is 281. The molecular weight excluding hydrogens is 205 g/mol. The Morgan fingerprint density at radius 1 is 1.27 bits per heavy atom. The molecule has 1 unspecified atom stereocenters. The van der Waals surface area contributed by atoms with Gasteiger partial charge in [-0.25, -0.2) is 0 Å². The third kappa shape index (κ3) is 4.08. The summed E-state index contributed by atoms with van der Waals surface area (Å²) < 4.78 is 39.6. The number of halogens is 3. The number of alkyl halides is 3. The maximum absolute atomic E-state index is 11.9. The molecule has 0 spiro atoms. The van der Waals surface area contributed by atoms with Crippen LogP contribution < -0.4 is 0 Å². The summed E-state index contributed by atoms with van der Waals surface area (Å²) in [5, 5.41) is 0. The van der Waals surface area contributed by atoms with Crippen LogP contribution in [0.3, 0.4) is 0 Å². The van der Waals surface area contributed by atoms with Gasteiger partial charge in [0.1, 0.15) is 0 Å². The Balaban J connectivity index is 2.57. The molecule has 1 rings (SSSR count). The fourth-order valence-electron chi connectivity index (χ4n) is 1.42. The molecule has 0 fully saturated rings. The quantitative estimate of drug-likeness (QED) is 0.652. The van der Waals surface area contributed by atoms with E-state index >= 15 is 0 Å². The average molecular weight is 220 g/mol. The number of ether oxygens (including phenoxy) is 1. The zero-order valence-electron chi connectivity index (χ0n) is 9.06. The number of rotatable bonds is 1. The Labute approximate surface area is 87.6 Å². The molecule has 0 aromatic carbocycles. The van der Waals surface area contributed by atoms with Gasteiger partial charge >= 0.3 is 6.36 Å². The minimum absolute atomic E-state index is 0.0281. The zero-order chi connectivity index (χ0) is 11.7. The summed E-state index contributed by atoms with van der Waals surface area (Å²) in [6, 6.07) is 0. The molecule has 0 aliphatic heterocycles. The van der Waals surface area contributed by atoms with E-state index in [1.54, 1.807) is 12.2 Å². The molecule has 1 aliphatic carbocycles. The lowest BCUT2D eigenvalue weighted by molar-refractivity contribution is -0.336. The SMILES string of the molecule is CC(C)(C)C1=CCC(OC(F)(F)F)C=C1. The van der Waals surface area contributed by atoms with Crippen LogP contribution in [-0.4, -0.2) is 12.5 Å². The molecule has 1 atom stereocenters. The van der Waals surface area contributed by atoms with E-state index < -0.39 is 12.5 Å². The molecule has 15 heavy (non-hydrogen) atoms. The van der Waals surface area contributed by atoms with Gasteiger partial charge in [-0.15, -0.1) is 13.2 Å². The topological polar surface area (TPSA) is 9.23 Å². The molecule has 0 saturated carbocycles. The lowest BCUT2D eigenvalue weighted by Crippen LogP contribution is -2.24. The smallest absolute Gasteiger partial charge is 0.284 e. The van der Waals surface area contributed by atoms with Crippen LogP contribution in [-0.2, 0) is 4.74 Å². The second-order valence-electron chi connectivity index (χ2n) is 4.61. The van der Waals surface area contributed by atoms with E-state index in [9.17, 15) is 13.2 Å². The summed E-state index contributed by atoms with van der Waals surface area (Å²) in [5.74, 6) is 0. The Morgan fingerprint density at radius 2 is 1.87 bits per heavy atom. The summed E-state index contributed by atoms with van der Waals surface area (Å²) in [6.45, 7) is 6.07. The first-order chi connectivity index (χ1) is 6.68. The van der Waals surface area contributed by atoms with E-state index in [1.165, 1.54) is 6.08 Å². The monoisotopic (exact) mass is 220 g/mol. The van der Waals surface area contributed by atoms with Gasteiger partial charge in [-0.3, -0.25) is 4.74 Å². The van der Waals surface area contributed by atoms with Gasteiger partial charge in [0.15, 0.2) is 0 Å². The standard InChI is InChI=1S/C11H15F3O/c1-10(2,3)8-4-6-9(7-5-8)15-11(12,13)14/h4-6,9H,7H2,1-3H3. The van der Waals surface area contributed by atoms with Crippen molar-refractivity contribution >= 4 is 0 Å². The summed E-state index contributed by atoms with van der Waals surface area (Å²) in [7, 11) is 0. The van der Waals surface area contributed by atoms with Crippen molar-refractivity contribution in [2.24, 2.45) is 5.41 Å². The molecule has 86 valence electrons. The highest BCUT2D eigenvalue weighted by Crippen LogP contribution is 2.31. The Hall–Kier alpha value is -0.770. The molecule has 0 amide bonds. The van der Waals surface area contributed by atoms with Crippen molar-refractivity contribution in [3.63, 3.8) is 0 Å². The molecule has 0 radical (unpaired) electrons. The first-order valence-corrected chi connectivity index (χ1v) is 4.82. The summed E-state index contributed by atoms with van der Waals surface area (Å²) in [4.78, 5) is 0. The Morgan fingerprint density at radius 3 is 2.20 bits per heavy atom. The van der Waals surface area contributed by atoms with Crippen molar-refractivity contribution in [3.05, 3.63) is 23.8 Å². The van der Waals surface area contributed by atoms with Gasteiger partial charge in [0.05, 0.1) is 6.10 Å². The first-order valence-electron chi connectivity index (χ1n) is 4.82. The van der Waals surface area contributed by atoms with Crippen LogP contribution in [0.15, 0.2) is 23.8 Å². The average Bonchev–Trinajstić information content (AvgIpc) is 2.00. The second kappa shape index (κ2) is 4.00. The first kappa shape index (κ1) is 12.3. The lowest BCUT2D eigenvalue weighted by Gasteiger charge is -2.25. The lowest BCUT2D eigenvalue weighted by atomic mass is 9.83. The predicted octanol–water partition coefficient (Wildman–Crippen LogP) is 3.82. The molecule has 1 nitrogen and oxygen atoms in total. The predicted molar refractivity (Wildman–Crippen MR) is 52.2 cm³/mol. The van der Waals surface area contributed by atoms with Crippen LogP contribution in [0.5, 0.6) is 0 Å². The van der Waals surface area contributed by atoms with Gasteiger partial charge in [-0.1, -0.05) is 39.0 Å². The maximum atomic E-state index is 11.9. The fraction of sp³-hybridized carbons (Fsp3) is 0.636. The molecule has 0 bridgehead atoms. The van der Waals surface area contributed by atoms with Crippen molar-refractivity contribution in [3.8, 4) is 0 Å². The van der Waals surface area contributed by atoms with Crippen LogP contribution in [0.2, 0.25) is 0 Å². The number of hydrogen-bond acceptors (Lipinski definition) is 1. The van der Waals surface area contributed by atoms with Gasteiger partial charge in [-0.2, -0.15) is 0 Å². The van der Waals surface area contributed by atoms with Crippen molar-refractivity contribution in [2.75, 3.05) is 0 Å². The highest BCUT2D eigenvalue weighted by Gasteiger charge is 2.33. The fourth-order valence-corrected chi connectivity index (χ4v) is 1.42. The van der Waals surface area contributed by atoms with Gasteiger partial charge in [0.25, 0.3) is 0 Å². The normalized spacial score (nSPS) is 22.8.